The first kappa shape index (κ1) is 15.0. The Morgan fingerprint density at radius 1 is 1.08 bits per heavy atom. The van der Waals surface area contributed by atoms with Gasteiger partial charge in [0, 0.05) is 19.4 Å². The van der Waals surface area contributed by atoms with Crippen LogP contribution in [0.5, 0.6) is 0 Å². The highest BCUT2D eigenvalue weighted by atomic mass is 16.2. The molecule has 2 amide bonds. The number of carbonyl (C=O) groups is 2. The van der Waals surface area contributed by atoms with Crippen molar-refractivity contribution in [2.24, 2.45) is 5.92 Å². The van der Waals surface area contributed by atoms with Crippen molar-refractivity contribution in [3.05, 3.63) is 66.0 Å². The SMILES string of the molecule is CN1N[C@H](c2cccnc2)[C@@H]2C(=O)N(Cc3ccccc3)C(=O)[C@H]21. The molecule has 2 fully saturated rings. The van der Waals surface area contributed by atoms with Gasteiger partial charge in [0.1, 0.15) is 6.04 Å². The van der Waals surface area contributed by atoms with E-state index >= 15 is 0 Å². The number of fused-ring (bicyclic) bond motifs is 1. The number of rotatable bonds is 3. The van der Waals surface area contributed by atoms with Crippen molar-refractivity contribution in [2.45, 2.75) is 18.6 Å². The fraction of sp³-hybridized carbons (Fsp3) is 0.278. The monoisotopic (exact) mass is 322 g/mol. The number of imide groups is 1. The molecule has 2 saturated heterocycles. The molecule has 0 radical (unpaired) electrons. The molecule has 4 rings (SSSR count). The zero-order valence-corrected chi connectivity index (χ0v) is 13.3. The molecule has 0 unspecified atom stereocenters. The number of amides is 2. The fourth-order valence-electron chi connectivity index (χ4n) is 3.61. The highest BCUT2D eigenvalue weighted by Gasteiger charge is 2.57. The van der Waals surface area contributed by atoms with Crippen molar-refractivity contribution < 1.29 is 9.59 Å². The molecule has 6 nitrogen and oxygen atoms in total. The molecule has 2 aliphatic heterocycles. The van der Waals surface area contributed by atoms with Gasteiger partial charge in [-0.3, -0.25) is 19.5 Å². The summed E-state index contributed by atoms with van der Waals surface area (Å²) in [4.78, 5) is 31.3. The highest BCUT2D eigenvalue weighted by molar-refractivity contribution is 6.07. The summed E-state index contributed by atoms with van der Waals surface area (Å²) in [6, 6.07) is 12.7. The lowest BCUT2D eigenvalue weighted by Crippen LogP contribution is -2.42. The summed E-state index contributed by atoms with van der Waals surface area (Å²) in [6.45, 7) is 0.319. The van der Waals surface area contributed by atoms with E-state index in [1.165, 1.54) is 4.90 Å². The van der Waals surface area contributed by atoms with E-state index in [0.29, 0.717) is 6.54 Å². The molecule has 1 aromatic carbocycles. The first-order valence-electron chi connectivity index (χ1n) is 7.95. The predicted molar refractivity (Wildman–Crippen MR) is 87.2 cm³/mol. The van der Waals surface area contributed by atoms with Crippen LogP contribution in [-0.4, -0.2) is 39.8 Å². The summed E-state index contributed by atoms with van der Waals surface area (Å²) in [7, 11) is 1.81. The lowest BCUT2D eigenvalue weighted by Gasteiger charge is -2.22. The summed E-state index contributed by atoms with van der Waals surface area (Å²) < 4.78 is 0. The summed E-state index contributed by atoms with van der Waals surface area (Å²) in [5.74, 6) is -0.690. The molecule has 0 bridgehead atoms. The van der Waals surface area contributed by atoms with Crippen LogP contribution in [0, 0.1) is 5.92 Å². The van der Waals surface area contributed by atoms with E-state index in [-0.39, 0.29) is 17.9 Å². The van der Waals surface area contributed by atoms with Crippen LogP contribution < -0.4 is 5.43 Å². The fourth-order valence-corrected chi connectivity index (χ4v) is 3.61. The van der Waals surface area contributed by atoms with Gasteiger partial charge in [-0.2, -0.15) is 0 Å². The van der Waals surface area contributed by atoms with Crippen LogP contribution in [0.2, 0.25) is 0 Å². The standard InChI is InChI=1S/C18H18N4O2/c1-21-16-14(15(20-21)13-8-5-9-19-10-13)17(23)22(18(16)24)11-12-6-3-2-4-7-12/h2-10,14-16,20H,11H2,1H3/t14-,15+,16-/m0/s1. The van der Waals surface area contributed by atoms with Crippen LogP contribution in [0.25, 0.3) is 0 Å². The van der Waals surface area contributed by atoms with Crippen LogP contribution in [0.15, 0.2) is 54.9 Å². The molecule has 0 spiro atoms. The third-order valence-corrected chi connectivity index (χ3v) is 4.76. The number of likely N-dealkylation sites (N-methyl/N-ethyl adjacent to an activating group) is 1. The molecule has 3 heterocycles. The van der Waals surface area contributed by atoms with Gasteiger partial charge in [0.2, 0.25) is 11.8 Å². The second-order valence-corrected chi connectivity index (χ2v) is 6.22. The molecule has 2 aromatic rings. The van der Waals surface area contributed by atoms with Crippen molar-refractivity contribution in [2.75, 3.05) is 7.05 Å². The van der Waals surface area contributed by atoms with E-state index in [1.807, 2.05) is 49.5 Å². The van der Waals surface area contributed by atoms with Gasteiger partial charge >= 0.3 is 0 Å². The number of aromatic nitrogens is 1. The second-order valence-electron chi connectivity index (χ2n) is 6.22. The second kappa shape index (κ2) is 5.81. The predicted octanol–water partition coefficient (Wildman–Crippen LogP) is 1.13. The lowest BCUT2D eigenvalue weighted by molar-refractivity contribution is -0.142. The van der Waals surface area contributed by atoms with Crippen LogP contribution in [-0.2, 0) is 16.1 Å². The zero-order valence-electron chi connectivity index (χ0n) is 13.3. The summed E-state index contributed by atoms with van der Waals surface area (Å²) in [6.07, 6.45) is 3.44. The normalized spacial score (nSPS) is 26.9. The van der Waals surface area contributed by atoms with E-state index in [0.717, 1.165) is 11.1 Å². The molecule has 1 N–H and O–H groups in total. The average Bonchev–Trinajstić information content (AvgIpc) is 3.08. The Morgan fingerprint density at radius 2 is 1.88 bits per heavy atom. The minimum atomic E-state index is -0.466. The molecular formula is C18H18N4O2. The van der Waals surface area contributed by atoms with Gasteiger partial charge in [-0.15, -0.1) is 0 Å². The smallest absolute Gasteiger partial charge is 0.249 e. The molecule has 2 aliphatic rings. The van der Waals surface area contributed by atoms with Crippen molar-refractivity contribution in [3.63, 3.8) is 0 Å². The summed E-state index contributed by atoms with van der Waals surface area (Å²) in [5, 5.41) is 1.76. The molecule has 0 aliphatic carbocycles. The third-order valence-electron chi connectivity index (χ3n) is 4.76. The number of hydrogen-bond acceptors (Lipinski definition) is 5. The maximum Gasteiger partial charge on any atom is 0.249 e. The number of nitrogens with one attached hydrogen (secondary N) is 1. The van der Waals surface area contributed by atoms with E-state index in [2.05, 4.69) is 10.4 Å². The number of benzene rings is 1. The van der Waals surface area contributed by atoms with Crippen LogP contribution in [0.3, 0.4) is 0 Å². The van der Waals surface area contributed by atoms with Crippen LogP contribution >= 0.6 is 0 Å². The molecule has 1 aromatic heterocycles. The third kappa shape index (κ3) is 2.31. The molecular weight excluding hydrogens is 304 g/mol. The minimum absolute atomic E-state index is 0.125. The molecule has 0 saturated carbocycles. The Labute approximate surface area is 140 Å². The quantitative estimate of drug-likeness (QED) is 0.858. The van der Waals surface area contributed by atoms with Gasteiger partial charge < -0.3 is 0 Å². The maximum atomic E-state index is 12.9. The van der Waals surface area contributed by atoms with Crippen molar-refractivity contribution in [1.82, 2.24) is 20.3 Å². The Bertz CT molecular complexity index is 765. The number of hydrazine groups is 1. The van der Waals surface area contributed by atoms with Gasteiger partial charge in [-0.05, 0) is 17.2 Å². The number of nitrogens with zero attached hydrogens (tertiary/aromatic N) is 3. The summed E-state index contributed by atoms with van der Waals surface area (Å²) in [5.41, 5.74) is 5.11. The Kier molecular flexibility index (Phi) is 3.63. The topological polar surface area (TPSA) is 65.5 Å². The van der Waals surface area contributed by atoms with E-state index < -0.39 is 12.0 Å². The first-order valence-corrected chi connectivity index (χ1v) is 7.95. The first-order chi connectivity index (χ1) is 11.7. The van der Waals surface area contributed by atoms with E-state index in [9.17, 15) is 9.59 Å². The molecule has 3 atom stereocenters. The Balaban J connectivity index is 1.64. The largest absolute Gasteiger partial charge is 0.276 e. The maximum absolute atomic E-state index is 12.9. The molecule has 6 heteroatoms. The van der Waals surface area contributed by atoms with Crippen molar-refractivity contribution in [3.8, 4) is 0 Å². The molecule has 24 heavy (non-hydrogen) atoms. The highest BCUT2D eigenvalue weighted by Crippen LogP contribution is 2.39. The van der Waals surface area contributed by atoms with Gasteiger partial charge in [0.25, 0.3) is 0 Å². The number of hydrogen-bond donors (Lipinski definition) is 1. The van der Waals surface area contributed by atoms with Gasteiger partial charge in [-0.1, -0.05) is 36.4 Å². The Hall–Kier alpha value is -2.57. The number of carbonyl (C=O) groups excluding carboxylic acids is 2. The number of pyridine rings is 1. The van der Waals surface area contributed by atoms with Crippen LogP contribution in [0.1, 0.15) is 17.2 Å². The van der Waals surface area contributed by atoms with Gasteiger partial charge in [0.05, 0.1) is 18.5 Å². The van der Waals surface area contributed by atoms with E-state index in [1.54, 1.807) is 17.4 Å². The van der Waals surface area contributed by atoms with Gasteiger partial charge in [0.15, 0.2) is 0 Å². The van der Waals surface area contributed by atoms with E-state index in [4.69, 9.17) is 0 Å². The van der Waals surface area contributed by atoms with Gasteiger partial charge in [-0.25, -0.2) is 10.4 Å². The minimum Gasteiger partial charge on any atom is -0.276 e. The van der Waals surface area contributed by atoms with Crippen LogP contribution in [0.4, 0.5) is 0 Å². The molecule has 122 valence electrons. The zero-order chi connectivity index (χ0) is 16.7. The number of likely N-dealkylation sites (tertiary alicyclic amines) is 1. The van der Waals surface area contributed by atoms with Crippen molar-refractivity contribution in [1.29, 1.82) is 0 Å². The summed E-state index contributed by atoms with van der Waals surface area (Å²) >= 11 is 0. The lowest BCUT2D eigenvalue weighted by atomic mass is 9.92. The van der Waals surface area contributed by atoms with Crippen molar-refractivity contribution >= 4 is 11.8 Å². The average molecular weight is 322 g/mol. The Morgan fingerprint density at radius 3 is 2.58 bits per heavy atom.